The normalized spacial score (nSPS) is 20.4. The molecule has 2 N–H and O–H groups in total. The largest absolute Gasteiger partial charge is 0.508 e. The molecule has 0 radical (unpaired) electrons. The molecule has 3 nitrogen and oxygen atoms in total. The van der Waals surface area contributed by atoms with Gasteiger partial charge in [0.2, 0.25) is 0 Å². The maximum atomic E-state index is 9.54. The van der Waals surface area contributed by atoms with Crippen LogP contribution >= 0.6 is 0 Å². The van der Waals surface area contributed by atoms with E-state index in [1.165, 1.54) is 0 Å². The van der Waals surface area contributed by atoms with Crippen LogP contribution in [0.3, 0.4) is 0 Å². The van der Waals surface area contributed by atoms with E-state index in [9.17, 15) is 10.2 Å². The minimum atomic E-state index is -0.182. The van der Waals surface area contributed by atoms with Gasteiger partial charge in [-0.15, -0.1) is 0 Å². The van der Waals surface area contributed by atoms with E-state index in [2.05, 4.69) is 4.90 Å². The highest BCUT2D eigenvalue weighted by Gasteiger charge is 2.22. The van der Waals surface area contributed by atoms with Crippen LogP contribution in [0.4, 0.5) is 0 Å². The summed E-state index contributed by atoms with van der Waals surface area (Å²) in [6, 6.07) is 7.44. The number of benzene rings is 1. The van der Waals surface area contributed by atoms with Gasteiger partial charge in [0.15, 0.2) is 0 Å². The smallest absolute Gasteiger partial charge is 0.115 e. The second-order valence-electron chi connectivity index (χ2n) is 5.02. The lowest BCUT2D eigenvalue weighted by Crippen LogP contribution is -2.36. The third-order valence-electron chi connectivity index (χ3n) is 3.63. The summed E-state index contributed by atoms with van der Waals surface area (Å²) in [7, 11) is 0. The van der Waals surface area contributed by atoms with Crippen LogP contribution in [0.5, 0.6) is 5.75 Å². The van der Waals surface area contributed by atoms with Crippen molar-refractivity contribution in [2.45, 2.75) is 32.4 Å². The molecule has 1 unspecified atom stereocenters. The van der Waals surface area contributed by atoms with Gasteiger partial charge in [0.25, 0.3) is 0 Å². The summed E-state index contributed by atoms with van der Waals surface area (Å²) in [6.45, 7) is 4.84. The van der Waals surface area contributed by atoms with Crippen LogP contribution in [0.1, 0.15) is 25.3 Å². The van der Waals surface area contributed by atoms with Crippen LogP contribution in [0.15, 0.2) is 24.3 Å². The van der Waals surface area contributed by atoms with E-state index >= 15 is 0 Å². The van der Waals surface area contributed by atoms with Crippen molar-refractivity contribution in [1.29, 1.82) is 0 Å². The van der Waals surface area contributed by atoms with Gasteiger partial charge in [-0.25, -0.2) is 0 Å². The van der Waals surface area contributed by atoms with Gasteiger partial charge in [0.1, 0.15) is 5.75 Å². The van der Waals surface area contributed by atoms with Crippen molar-refractivity contribution in [3.05, 3.63) is 29.8 Å². The topological polar surface area (TPSA) is 43.7 Å². The molecule has 1 aliphatic rings. The molecule has 0 amide bonds. The summed E-state index contributed by atoms with van der Waals surface area (Å²) in [5.74, 6) is 0.789. The van der Waals surface area contributed by atoms with Crippen LogP contribution in [0, 0.1) is 5.92 Å². The van der Waals surface area contributed by atoms with Crippen molar-refractivity contribution < 1.29 is 10.2 Å². The van der Waals surface area contributed by atoms with Crippen molar-refractivity contribution in [1.82, 2.24) is 4.90 Å². The lowest BCUT2D eigenvalue weighted by atomic mass is 9.92. The van der Waals surface area contributed by atoms with Gasteiger partial charge in [-0.05, 0) is 56.5 Å². The van der Waals surface area contributed by atoms with E-state index in [0.717, 1.165) is 38.0 Å². The highest BCUT2D eigenvalue weighted by molar-refractivity contribution is 5.27. The zero-order chi connectivity index (χ0) is 12.3. The molecule has 1 atom stereocenters. The Balaban J connectivity index is 1.86. The van der Waals surface area contributed by atoms with E-state index in [0.29, 0.717) is 11.7 Å². The number of aliphatic hydroxyl groups is 1. The Bertz CT molecular complexity index is 357. The second-order valence-corrected chi connectivity index (χ2v) is 5.02. The Hall–Kier alpha value is -1.06. The van der Waals surface area contributed by atoms with Gasteiger partial charge >= 0.3 is 0 Å². The van der Waals surface area contributed by atoms with Gasteiger partial charge in [-0.1, -0.05) is 12.1 Å². The first-order valence-corrected chi connectivity index (χ1v) is 6.33. The van der Waals surface area contributed by atoms with Crippen LogP contribution in [-0.4, -0.2) is 34.3 Å². The van der Waals surface area contributed by atoms with Crippen molar-refractivity contribution >= 4 is 0 Å². The number of hydrogen-bond acceptors (Lipinski definition) is 3. The maximum Gasteiger partial charge on any atom is 0.115 e. The molecule has 3 heteroatoms. The van der Waals surface area contributed by atoms with E-state index in [1.54, 1.807) is 6.07 Å². The Morgan fingerprint density at radius 2 is 2.06 bits per heavy atom. The van der Waals surface area contributed by atoms with Crippen LogP contribution in [0.25, 0.3) is 0 Å². The predicted molar refractivity (Wildman–Crippen MR) is 67.8 cm³/mol. The molecule has 94 valence electrons. The molecule has 17 heavy (non-hydrogen) atoms. The molecule has 0 aliphatic carbocycles. The molecule has 1 saturated heterocycles. The standard InChI is InChI=1S/C14H21NO2/c1-11(16)13-5-7-15(8-6-13)10-12-3-2-4-14(17)9-12/h2-4,9,11,13,16-17H,5-8,10H2,1H3. The van der Waals surface area contributed by atoms with Crippen LogP contribution < -0.4 is 0 Å². The predicted octanol–water partition coefficient (Wildman–Crippen LogP) is 1.99. The number of piperidine rings is 1. The summed E-state index contributed by atoms with van der Waals surface area (Å²) in [5.41, 5.74) is 1.15. The van der Waals surface area contributed by atoms with E-state index in [4.69, 9.17) is 0 Å². The Kier molecular flexibility index (Phi) is 4.02. The maximum absolute atomic E-state index is 9.54. The molecule has 1 aromatic carbocycles. The van der Waals surface area contributed by atoms with Gasteiger partial charge in [0.05, 0.1) is 6.10 Å². The van der Waals surface area contributed by atoms with Crippen LogP contribution in [-0.2, 0) is 6.54 Å². The quantitative estimate of drug-likeness (QED) is 0.842. The number of phenolic OH excluding ortho intramolecular Hbond substituents is 1. The number of rotatable bonds is 3. The van der Waals surface area contributed by atoms with Crippen molar-refractivity contribution in [2.24, 2.45) is 5.92 Å². The van der Waals surface area contributed by atoms with Gasteiger partial charge in [-0.3, -0.25) is 4.90 Å². The molecule has 1 aromatic rings. The summed E-state index contributed by atoms with van der Waals surface area (Å²) >= 11 is 0. The van der Waals surface area contributed by atoms with Crippen molar-refractivity contribution in [3.8, 4) is 5.75 Å². The molecular weight excluding hydrogens is 214 g/mol. The number of aromatic hydroxyl groups is 1. The van der Waals surface area contributed by atoms with Crippen molar-refractivity contribution in [2.75, 3.05) is 13.1 Å². The molecular formula is C14H21NO2. The molecule has 0 aromatic heterocycles. The SMILES string of the molecule is CC(O)C1CCN(Cc2cccc(O)c2)CC1. The fraction of sp³-hybridized carbons (Fsp3) is 0.571. The van der Waals surface area contributed by atoms with E-state index in [1.807, 2.05) is 25.1 Å². The average Bonchev–Trinajstić information content (AvgIpc) is 2.29. The van der Waals surface area contributed by atoms with Crippen LogP contribution in [0.2, 0.25) is 0 Å². The van der Waals surface area contributed by atoms with E-state index < -0.39 is 0 Å². The molecule has 2 rings (SSSR count). The number of likely N-dealkylation sites (tertiary alicyclic amines) is 1. The monoisotopic (exact) mass is 235 g/mol. The highest BCUT2D eigenvalue weighted by atomic mass is 16.3. The third-order valence-corrected chi connectivity index (χ3v) is 3.63. The third kappa shape index (κ3) is 3.45. The summed E-state index contributed by atoms with van der Waals surface area (Å²) in [5, 5.41) is 18.9. The number of phenols is 1. The van der Waals surface area contributed by atoms with Crippen molar-refractivity contribution in [3.63, 3.8) is 0 Å². The molecule has 1 heterocycles. The average molecular weight is 235 g/mol. The summed E-state index contributed by atoms with van der Waals surface area (Å²) < 4.78 is 0. The zero-order valence-corrected chi connectivity index (χ0v) is 10.3. The highest BCUT2D eigenvalue weighted by Crippen LogP contribution is 2.22. The lowest BCUT2D eigenvalue weighted by Gasteiger charge is -2.33. The Labute approximate surface area is 103 Å². The Morgan fingerprint density at radius 1 is 1.35 bits per heavy atom. The summed E-state index contributed by atoms with van der Waals surface area (Å²) in [6.07, 6.45) is 1.95. The first-order chi connectivity index (χ1) is 8.15. The number of nitrogens with zero attached hydrogens (tertiary/aromatic N) is 1. The fourth-order valence-corrected chi connectivity index (χ4v) is 2.51. The lowest BCUT2D eigenvalue weighted by molar-refractivity contribution is 0.0695. The van der Waals surface area contributed by atoms with E-state index in [-0.39, 0.29) is 6.10 Å². The zero-order valence-electron chi connectivity index (χ0n) is 10.3. The fourth-order valence-electron chi connectivity index (χ4n) is 2.51. The van der Waals surface area contributed by atoms with Gasteiger partial charge in [-0.2, -0.15) is 0 Å². The molecule has 0 bridgehead atoms. The number of hydrogen-bond donors (Lipinski definition) is 2. The molecule has 1 fully saturated rings. The molecule has 0 saturated carbocycles. The first-order valence-electron chi connectivity index (χ1n) is 6.33. The minimum absolute atomic E-state index is 0.182. The van der Waals surface area contributed by atoms with Gasteiger partial charge < -0.3 is 10.2 Å². The first kappa shape index (κ1) is 12.4. The Morgan fingerprint density at radius 3 is 2.65 bits per heavy atom. The summed E-state index contributed by atoms with van der Waals surface area (Å²) in [4.78, 5) is 2.38. The minimum Gasteiger partial charge on any atom is -0.508 e. The van der Waals surface area contributed by atoms with Gasteiger partial charge in [0, 0.05) is 6.54 Å². The number of aliphatic hydroxyl groups excluding tert-OH is 1. The second kappa shape index (κ2) is 5.52. The molecule has 0 spiro atoms. The molecule has 1 aliphatic heterocycles.